The quantitative estimate of drug-likeness (QED) is 0.710. The van der Waals surface area contributed by atoms with Gasteiger partial charge in [-0.1, -0.05) is 48.5 Å². The van der Waals surface area contributed by atoms with Crippen LogP contribution in [0, 0.1) is 0 Å². The highest BCUT2D eigenvalue weighted by Crippen LogP contribution is 2.15. The fraction of sp³-hybridized carbons (Fsp3) is 0.118. The Hall–Kier alpha value is -2.19. The molecule has 0 aliphatic rings. The minimum atomic E-state index is -0.0363. The van der Waals surface area contributed by atoms with E-state index in [9.17, 15) is 5.11 Å². The Labute approximate surface area is 112 Å². The van der Waals surface area contributed by atoms with Gasteiger partial charge in [-0.05, 0) is 11.5 Å². The van der Waals surface area contributed by atoms with Gasteiger partial charge in [0.15, 0.2) is 12.4 Å². The van der Waals surface area contributed by atoms with Gasteiger partial charge in [0.1, 0.15) is 6.61 Å². The maximum Gasteiger partial charge on any atom is 0.206 e. The zero-order valence-corrected chi connectivity index (χ0v) is 10.6. The second kappa shape index (κ2) is 5.21. The predicted octanol–water partition coefficient (Wildman–Crippen LogP) is 2.71. The first-order valence-corrected chi connectivity index (χ1v) is 6.44. The van der Waals surface area contributed by atoms with Crippen molar-refractivity contribution in [2.75, 3.05) is 6.61 Å². The molecule has 1 N–H and O–H groups in total. The van der Waals surface area contributed by atoms with E-state index >= 15 is 0 Å². The van der Waals surface area contributed by atoms with Crippen molar-refractivity contribution in [2.24, 2.45) is 0 Å². The average molecular weight is 250 g/mol. The van der Waals surface area contributed by atoms with E-state index in [0.717, 1.165) is 5.56 Å². The molecule has 0 aliphatic carbocycles. The van der Waals surface area contributed by atoms with Gasteiger partial charge >= 0.3 is 0 Å². The normalized spacial score (nSPS) is 12.5. The molecule has 0 saturated heterocycles. The lowest BCUT2D eigenvalue weighted by atomic mass is 10.1. The number of aliphatic hydroxyl groups is 1. The number of hydrogen-bond acceptors (Lipinski definition) is 1. The highest BCUT2D eigenvalue weighted by atomic mass is 16.3. The first kappa shape index (κ1) is 11.9. The topological polar surface area (TPSA) is 24.1 Å². The van der Waals surface area contributed by atoms with Crippen LogP contribution in [0.3, 0.4) is 0 Å². The van der Waals surface area contributed by atoms with Crippen LogP contribution in [0.15, 0.2) is 73.1 Å². The molecule has 94 valence electrons. The van der Waals surface area contributed by atoms with E-state index in [-0.39, 0.29) is 12.6 Å². The summed E-state index contributed by atoms with van der Waals surface area (Å²) in [6, 6.07) is 20.4. The molecule has 0 radical (unpaired) electrons. The van der Waals surface area contributed by atoms with Gasteiger partial charge in [-0.15, -0.1) is 0 Å². The Morgan fingerprint density at radius 2 is 1.53 bits per heavy atom. The molecule has 2 heteroatoms. The van der Waals surface area contributed by atoms with Gasteiger partial charge in [0.05, 0.1) is 0 Å². The van der Waals surface area contributed by atoms with Gasteiger partial charge in [0, 0.05) is 17.0 Å². The minimum absolute atomic E-state index is 0.0363. The third-order valence-electron chi connectivity index (χ3n) is 3.43. The van der Waals surface area contributed by atoms with Gasteiger partial charge in [-0.2, -0.15) is 4.57 Å². The van der Waals surface area contributed by atoms with Crippen molar-refractivity contribution in [3.05, 3.63) is 78.6 Å². The highest BCUT2D eigenvalue weighted by molar-refractivity contribution is 5.80. The Morgan fingerprint density at radius 1 is 0.842 bits per heavy atom. The lowest BCUT2D eigenvalue weighted by molar-refractivity contribution is -0.714. The van der Waals surface area contributed by atoms with Crippen molar-refractivity contribution < 1.29 is 9.67 Å². The van der Waals surface area contributed by atoms with Crippen LogP contribution in [0.25, 0.3) is 10.8 Å². The smallest absolute Gasteiger partial charge is 0.206 e. The third-order valence-corrected chi connectivity index (χ3v) is 3.43. The van der Waals surface area contributed by atoms with Crippen LogP contribution in [-0.4, -0.2) is 11.7 Å². The molecule has 1 aromatic heterocycles. The summed E-state index contributed by atoms with van der Waals surface area (Å²) in [4.78, 5) is 0. The van der Waals surface area contributed by atoms with Crippen molar-refractivity contribution in [2.45, 2.75) is 6.04 Å². The summed E-state index contributed by atoms with van der Waals surface area (Å²) in [5.41, 5.74) is 1.12. The Balaban J connectivity index is 2.06. The standard InChI is InChI=1S/C17H16NO/c19-13-17(15-7-2-1-3-8-15)18-11-10-14-6-4-5-9-16(14)12-18/h1-12,17,19H,13H2/q+1. The van der Waals surface area contributed by atoms with Crippen LogP contribution in [0.4, 0.5) is 0 Å². The molecular formula is C17H16NO+. The number of hydrogen-bond donors (Lipinski definition) is 1. The molecule has 1 atom stereocenters. The Kier molecular flexibility index (Phi) is 3.25. The lowest BCUT2D eigenvalue weighted by Crippen LogP contribution is -2.41. The Bertz CT molecular complexity index is 679. The number of aliphatic hydroxyl groups excluding tert-OH is 1. The number of aromatic nitrogens is 1. The van der Waals surface area contributed by atoms with E-state index in [1.165, 1.54) is 10.8 Å². The SMILES string of the molecule is OCC(c1ccccc1)[n+]1ccc2ccccc2c1. The zero-order chi connectivity index (χ0) is 13.1. The molecule has 2 aromatic carbocycles. The molecule has 3 aromatic rings. The van der Waals surface area contributed by atoms with E-state index in [0.29, 0.717) is 0 Å². The molecule has 0 saturated carbocycles. The largest absolute Gasteiger partial charge is 0.389 e. The molecule has 0 aliphatic heterocycles. The molecule has 0 fully saturated rings. The summed E-state index contributed by atoms with van der Waals surface area (Å²) >= 11 is 0. The molecule has 3 rings (SSSR count). The maximum absolute atomic E-state index is 9.68. The molecule has 0 bridgehead atoms. The van der Waals surface area contributed by atoms with E-state index in [2.05, 4.69) is 29.0 Å². The Morgan fingerprint density at radius 3 is 2.26 bits per heavy atom. The molecule has 1 heterocycles. The summed E-state index contributed by atoms with van der Waals surface area (Å²) in [6.07, 6.45) is 4.11. The van der Waals surface area contributed by atoms with Crippen molar-refractivity contribution >= 4 is 10.8 Å². The first-order chi connectivity index (χ1) is 9.38. The maximum atomic E-state index is 9.68. The second-order valence-electron chi connectivity index (χ2n) is 4.63. The van der Waals surface area contributed by atoms with Crippen molar-refractivity contribution in [1.29, 1.82) is 0 Å². The second-order valence-corrected chi connectivity index (χ2v) is 4.63. The van der Waals surface area contributed by atoms with Gasteiger partial charge in [0.2, 0.25) is 6.04 Å². The zero-order valence-electron chi connectivity index (χ0n) is 10.6. The van der Waals surface area contributed by atoms with Crippen LogP contribution in [0.5, 0.6) is 0 Å². The fourth-order valence-electron chi connectivity index (χ4n) is 2.39. The number of rotatable bonds is 3. The summed E-state index contributed by atoms with van der Waals surface area (Å²) in [5.74, 6) is 0. The fourth-order valence-corrected chi connectivity index (χ4v) is 2.39. The van der Waals surface area contributed by atoms with E-state index in [1.54, 1.807) is 0 Å². The molecular weight excluding hydrogens is 234 g/mol. The van der Waals surface area contributed by atoms with Gasteiger partial charge in [-0.25, -0.2) is 0 Å². The van der Waals surface area contributed by atoms with Crippen LogP contribution in [0.1, 0.15) is 11.6 Å². The third kappa shape index (κ3) is 2.35. The summed E-state index contributed by atoms with van der Waals surface area (Å²) in [7, 11) is 0. The average Bonchev–Trinajstić information content (AvgIpc) is 2.49. The van der Waals surface area contributed by atoms with Gasteiger partial charge in [-0.3, -0.25) is 0 Å². The van der Waals surface area contributed by atoms with Crippen LogP contribution >= 0.6 is 0 Å². The molecule has 2 nitrogen and oxygen atoms in total. The molecule has 0 amide bonds. The highest BCUT2D eigenvalue weighted by Gasteiger charge is 2.19. The first-order valence-electron chi connectivity index (χ1n) is 6.44. The number of pyridine rings is 1. The van der Waals surface area contributed by atoms with Crippen molar-refractivity contribution in [1.82, 2.24) is 0 Å². The summed E-state index contributed by atoms with van der Waals surface area (Å²) in [6.45, 7) is 0.0903. The summed E-state index contributed by atoms with van der Waals surface area (Å²) < 4.78 is 2.07. The predicted molar refractivity (Wildman–Crippen MR) is 75.8 cm³/mol. The minimum Gasteiger partial charge on any atom is -0.389 e. The number of fused-ring (bicyclic) bond motifs is 1. The monoisotopic (exact) mass is 250 g/mol. The van der Waals surface area contributed by atoms with E-state index in [4.69, 9.17) is 0 Å². The van der Waals surface area contributed by atoms with E-state index < -0.39 is 0 Å². The number of benzene rings is 2. The molecule has 1 unspecified atom stereocenters. The number of nitrogens with zero attached hydrogens (tertiary/aromatic N) is 1. The van der Waals surface area contributed by atoms with E-state index in [1.807, 2.05) is 48.7 Å². The van der Waals surface area contributed by atoms with Crippen LogP contribution in [-0.2, 0) is 0 Å². The lowest BCUT2D eigenvalue weighted by Gasteiger charge is -2.10. The van der Waals surface area contributed by atoms with Crippen molar-refractivity contribution in [3.63, 3.8) is 0 Å². The summed E-state index contributed by atoms with van der Waals surface area (Å²) in [5, 5.41) is 12.1. The molecule has 0 spiro atoms. The molecule has 19 heavy (non-hydrogen) atoms. The van der Waals surface area contributed by atoms with Crippen LogP contribution < -0.4 is 4.57 Å². The van der Waals surface area contributed by atoms with Gasteiger partial charge in [0.25, 0.3) is 0 Å². The van der Waals surface area contributed by atoms with Crippen molar-refractivity contribution in [3.8, 4) is 0 Å². The van der Waals surface area contributed by atoms with Crippen LogP contribution in [0.2, 0.25) is 0 Å². The van der Waals surface area contributed by atoms with Gasteiger partial charge < -0.3 is 5.11 Å².